The van der Waals surface area contributed by atoms with E-state index in [9.17, 15) is 4.79 Å². The summed E-state index contributed by atoms with van der Waals surface area (Å²) in [5.74, 6) is -0.0856. The van der Waals surface area contributed by atoms with Crippen molar-refractivity contribution >= 4 is 16.8 Å². The fraction of sp³-hybridized carbons (Fsp3) is 0.357. The van der Waals surface area contributed by atoms with E-state index in [4.69, 9.17) is 4.74 Å². The molecule has 0 aliphatic heterocycles. The molecular formula is C14H18N2O2. The number of aromatic nitrogens is 1. The normalized spacial score (nSPS) is 11.7. The highest BCUT2D eigenvalue weighted by Crippen LogP contribution is 2.17. The zero-order valence-electron chi connectivity index (χ0n) is 10.9. The number of nitrogens with one attached hydrogen (secondary N) is 2. The number of carbonyl (C=O) groups excluding carboxylic acids is 1. The standard InChI is InChI=1S/C14H18N2O2/c1-14(2,18-3)9-16-13(17)11-8-15-12-7-5-4-6-10(11)12/h4-8,15H,9H2,1-3H3,(H,16,17). The average Bonchev–Trinajstić information content (AvgIpc) is 2.80. The quantitative estimate of drug-likeness (QED) is 0.870. The minimum atomic E-state index is -0.359. The van der Waals surface area contributed by atoms with Gasteiger partial charge in [-0.3, -0.25) is 4.79 Å². The molecule has 1 amide bonds. The zero-order valence-corrected chi connectivity index (χ0v) is 10.9. The van der Waals surface area contributed by atoms with E-state index in [0.29, 0.717) is 12.1 Å². The molecular weight excluding hydrogens is 228 g/mol. The summed E-state index contributed by atoms with van der Waals surface area (Å²) in [5, 5.41) is 3.82. The molecule has 0 aliphatic rings. The van der Waals surface area contributed by atoms with Crippen molar-refractivity contribution in [2.45, 2.75) is 19.4 Å². The molecule has 0 spiro atoms. The van der Waals surface area contributed by atoms with Crippen LogP contribution in [0.25, 0.3) is 10.9 Å². The minimum absolute atomic E-state index is 0.0856. The number of aromatic amines is 1. The third-order valence-electron chi connectivity index (χ3n) is 3.06. The number of fused-ring (bicyclic) bond motifs is 1. The van der Waals surface area contributed by atoms with E-state index >= 15 is 0 Å². The number of amides is 1. The summed E-state index contributed by atoms with van der Waals surface area (Å²) in [6.07, 6.45) is 1.74. The van der Waals surface area contributed by atoms with Gasteiger partial charge < -0.3 is 15.0 Å². The van der Waals surface area contributed by atoms with E-state index in [1.807, 2.05) is 38.1 Å². The SMILES string of the molecule is COC(C)(C)CNC(=O)c1c[nH]c2ccccc12. The lowest BCUT2D eigenvalue weighted by Crippen LogP contribution is -2.39. The lowest BCUT2D eigenvalue weighted by Gasteiger charge is -2.22. The van der Waals surface area contributed by atoms with E-state index in [2.05, 4.69) is 10.3 Å². The molecule has 0 bridgehead atoms. The highest BCUT2D eigenvalue weighted by Gasteiger charge is 2.19. The number of methoxy groups -OCH3 is 1. The van der Waals surface area contributed by atoms with Crippen LogP contribution in [-0.2, 0) is 4.74 Å². The third kappa shape index (κ3) is 2.54. The van der Waals surface area contributed by atoms with Crippen LogP contribution in [0.1, 0.15) is 24.2 Å². The second kappa shape index (κ2) is 4.82. The van der Waals surface area contributed by atoms with Gasteiger partial charge in [0.1, 0.15) is 0 Å². The van der Waals surface area contributed by atoms with Crippen LogP contribution in [-0.4, -0.2) is 30.1 Å². The number of benzene rings is 1. The molecule has 0 saturated carbocycles. The Labute approximate surface area is 106 Å². The molecule has 18 heavy (non-hydrogen) atoms. The number of H-pyrrole nitrogens is 1. The lowest BCUT2D eigenvalue weighted by atomic mass is 10.1. The molecule has 0 saturated heterocycles. The molecule has 1 heterocycles. The second-order valence-electron chi connectivity index (χ2n) is 4.89. The average molecular weight is 246 g/mol. The molecule has 2 aromatic rings. The van der Waals surface area contributed by atoms with Crippen LogP contribution in [0.4, 0.5) is 0 Å². The van der Waals surface area contributed by atoms with Crippen LogP contribution >= 0.6 is 0 Å². The number of hydrogen-bond acceptors (Lipinski definition) is 2. The fourth-order valence-electron chi connectivity index (χ4n) is 1.72. The van der Waals surface area contributed by atoms with Crippen molar-refractivity contribution in [1.29, 1.82) is 0 Å². The molecule has 2 N–H and O–H groups in total. The van der Waals surface area contributed by atoms with Crippen LogP contribution in [0.2, 0.25) is 0 Å². The number of para-hydroxylation sites is 1. The molecule has 4 heteroatoms. The Balaban J connectivity index is 2.14. The first-order valence-corrected chi connectivity index (χ1v) is 5.93. The molecule has 2 rings (SSSR count). The highest BCUT2D eigenvalue weighted by atomic mass is 16.5. The van der Waals surface area contributed by atoms with Gasteiger partial charge in [0.15, 0.2) is 0 Å². The summed E-state index contributed by atoms with van der Waals surface area (Å²) < 4.78 is 5.27. The van der Waals surface area contributed by atoms with Crippen molar-refractivity contribution < 1.29 is 9.53 Å². The Bertz CT molecular complexity index is 558. The van der Waals surface area contributed by atoms with Gasteiger partial charge in [-0.1, -0.05) is 18.2 Å². The molecule has 4 nitrogen and oxygen atoms in total. The lowest BCUT2D eigenvalue weighted by molar-refractivity contribution is 0.0229. The first-order valence-electron chi connectivity index (χ1n) is 5.93. The largest absolute Gasteiger partial charge is 0.377 e. The maximum Gasteiger partial charge on any atom is 0.253 e. The van der Waals surface area contributed by atoms with Gasteiger partial charge in [-0.25, -0.2) is 0 Å². The van der Waals surface area contributed by atoms with E-state index in [0.717, 1.165) is 10.9 Å². The first kappa shape index (κ1) is 12.6. The van der Waals surface area contributed by atoms with Crippen molar-refractivity contribution in [1.82, 2.24) is 10.3 Å². The topological polar surface area (TPSA) is 54.1 Å². The zero-order chi connectivity index (χ0) is 13.2. The molecule has 96 valence electrons. The van der Waals surface area contributed by atoms with Crippen molar-refractivity contribution in [2.24, 2.45) is 0 Å². The van der Waals surface area contributed by atoms with Gasteiger partial charge >= 0.3 is 0 Å². The maximum atomic E-state index is 12.1. The first-order chi connectivity index (χ1) is 8.53. The number of ether oxygens (including phenoxy) is 1. The highest BCUT2D eigenvalue weighted by molar-refractivity contribution is 6.06. The molecule has 0 fully saturated rings. The predicted octanol–water partition coefficient (Wildman–Crippen LogP) is 2.32. The van der Waals surface area contributed by atoms with Gasteiger partial charge in [-0.15, -0.1) is 0 Å². The van der Waals surface area contributed by atoms with Gasteiger partial charge in [-0.2, -0.15) is 0 Å². The molecule has 0 unspecified atom stereocenters. The summed E-state index contributed by atoms with van der Waals surface area (Å²) in [5.41, 5.74) is 1.27. The number of hydrogen-bond donors (Lipinski definition) is 2. The van der Waals surface area contributed by atoms with E-state index in [1.165, 1.54) is 0 Å². The summed E-state index contributed by atoms with van der Waals surface area (Å²) in [6.45, 7) is 4.34. The van der Waals surface area contributed by atoms with Gasteiger partial charge in [0, 0.05) is 30.8 Å². The van der Waals surface area contributed by atoms with Crippen LogP contribution < -0.4 is 5.32 Å². The second-order valence-corrected chi connectivity index (χ2v) is 4.89. The smallest absolute Gasteiger partial charge is 0.253 e. The van der Waals surface area contributed by atoms with Crippen molar-refractivity contribution in [3.05, 3.63) is 36.0 Å². The number of rotatable bonds is 4. The Morgan fingerprint density at radius 3 is 2.83 bits per heavy atom. The van der Waals surface area contributed by atoms with Gasteiger partial charge in [0.25, 0.3) is 5.91 Å². The molecule has 1 aromatic carbocycles. The van der Waals surface area contributed by atoms with E-state index in [-0.39, 0.29) is 11.5 Å². The number of carbonyl (C=O) groups is 1. The van der Waals surface area contributed by atoms with E-state index in [1.54, 1.807) is 13.3 Å². The fourth-order valence-corrected chi connectivity index (χ4v) is 1.72. The summed E-state index contributed by atoms with van der Waals surface area (Å²) in [4.78, 5) is 15.2. The van der Waals surface area contributed by atoms with E-state index < -0.39 is 0 Å². The Hall–Kier alpha value is -1.81. The summed E-state index contributed by atoms with van der Waals surface area (Å²) >= 11 is 0. The van der Waals surface area contributed by atoms with Crippen LogP contribution in [0.5, 0.6) is 0 Å². The Morgan fingerprint density at radius 1 is 1.39 bits per heavy atom. The van der Waals surface area contributed by atoms with Crippen LogP contribution in [0.15, 0.2) is 30.5 Å². The third-order valence-corrected chi connectivity index (χ3v) is 3.06. The summed E-state index contributed by atoms with van der Waals surface area (Å²) in [7, 11) is 1.64. The predicted molar refractivity (Wildman–Crippen MR) is 71.7 cm³/mol. The monoisotopic (exact) mass is 246 g/mol. The molecule has 0 radical (unpaired) electrons. The molecule has 0 atom stereocenters. The van der Waals surface area contributed by atoms with Crippen molar-refractivity contribution in [2.75, 3.05) is 13.7 Å². The van der Waals surface area contributed by atoms with Gasteiger partial charge in [0.2, 0.25) is 0 Å². The molecule has 0 aliphatic carbocycles. The Morgan fingerprint density at radius 2 is 2.11 bits per heavy atom. The Kier molecular flexibility index (Phi) is 3.39. The van der Waals surface area contributed by atoms with Crippen LogP contribution in [0.3, 0.4) is 0 Å². The van der Waals surface area contributed by atoms with Gasteiger partial charge in [0.05, 0.1) is 11.2 Å². The van der Waals surface area contributed by atoms with Crippen LogP contribution in [0, 0.1) is 0 Å². The van der Waals surface area contributed by atoms with Gasteiger partial charge in [-0.05, 0) is 19.9 Å². The molecule has 1 aromatic heterocycles. The minimum Gasteiger partial charge on any atom is -0.377 e. The maximum absolute atomic E-state index is 12.1. The van der Waals surface area contributed by atoms with Crippen molar-refractivity contribution in [3.63, 3.8) is 0 Å². The summed E-state index contributed by atoms with van der Waals surface area (Å²) in [6, 6.07) is 7.74. The van der Waals surface area contributed by atoms with Crippen molar-refractivity contribution in [3.8, 4) is 0 Å².